The average Bonchev–Trinajstić information content (AvgIpc) is 2.83. The lowest BCUT2D eigenvalue weighted by Gasteiger charge is -2.36. The fourth-order valence-electron chi connectivity index (χ4n) is 4.02. The van der Waals surface area contributed by atoms with Crippen LogP contribution >= 0.6 is 0 Å². The van der Waals surface area contributed by atoms with Crippen LogP contribution in [0.3, 0.4) is 0 Å². The van der Waals surface area contributed by atoms with Crippen molar-refractivity contribution in [2.24, 2.45) is 0 Å². The summed E-state index contributed by atoms with van der Waals surface area (Å²) in [5.74, 6) is -0.259. The number of aliphatic hydroxyl groups is 1. The first-order valence-electron chi connectivity index (χ1n) is 9.33. The molecule has 136 valence electrons. The zero-order valence-corrected chi connectivity index (χ0v) is 15.0. The SMILES string of the molecule is CC(=O)N1Cc2ccccc2CC1C(=O)NCC1(O)CCCCCC1. The van der Waals surface area contributed by atoms with Crippen LogP contribution in [0.25, 0.3) is 0 Å². The summed E-state index contributed by atoms with van der Waals surface area (Å²) in [4.78, 5) is 26.4. The van der Waals surface area contributed by atoms with E-state index < -0.39 is 11.6 Å². The number of benzene rings is 1. The lowest BCUT2D eigenvalue weighted by Crippen LogP contribution is -2.54. The zero-order chi connectivity index (χ0) is 17.9. The quantitative estimate of drug-likeness (QED) is 0.826. The van der Waals surface area contributed by atoms with E-state index in [-0.39, 0.29) is 18.4 Å². The van der Waals surface area contributed by atoms with Gasteiger partial charge in [-0.05, 0) is 24.0 Å². The molecule has 1 aliphatic heterocycles. The van der Waals surface area contributed by atoms with Crippen molar-refractivity contribution in [3.05, 3.63) is 35.4 Å². The number of carbonyl (C=O) groups is 2. The molecule has 1 aromatic carbocycles. The fourth-order valence-corrected chi connectivity index (χ4v) is 4.02. The first-order valence-corrected chi connectivity index (χ1v) is 9.33. The Balaban J connectivity index is 1.68. The fraction of sp³-hybridized carbons (Fsp3) is 0.600. The van der Waals surface area contributed by atoms with Crippen LogP contribution in [0.2, 0.25) is 0 Å². The second-order valence-electron chi connectivity index (χ2n) is 7.49. The number of fused-ring (bicyclic) bond motifs is 1. The van der Waals surface area contributed by atoms with E-state index in [1.807, 2.05) is 24.3 Å². The van der Waals surface area contributed by atoms with E-state index >= 15 is 0 Å². The Morgan fingerprint density at radius 1 is 1.16 bits per heavy atom. The normalized spacial score (nSPS) is 22.6. The van der Waals surface area contributed by atoms with Gasteiger partial charge >= 0.3 is 0 Å². The summed E-state index contributed by atoms with van der Waals surface area (Å²) in [5.41, 5.74) is 1.41. The molecule has 0 spiro atoms. The van der Waals surface area contributed by atoms with Gasteiger partial charge in [0.15, 0.2) is 0 Å². The van der Waals surface area contributed by atoms with Gasteiger partial charge in [-0.25, -0.2) is 0 Å². The minimum Gasteiger partial charge on any atom is -0.388 e. The minimum absolute atomic E-state index is 0.0946. The van der Waals surface area contributed by atoms with E-state index in [0.717, 1.165) is 49.7 Å². The average molecular weight is 344 g/mol. The Morgan fingerprint density at radius 2 is 1.80 bits per heavy atom. The maximum absolute atomic E-state index is 12.8. The third-order valence-electron chi connectivity index (χ3n) is 5.58. The Morgan fingerprint density at radius 3 is 2.44 bits per heavy atom. The van der Waals surface area contributed by atoms with Gasteiger partial charge in [-0.1, -0.05) is 49.9 Å². The molecule has 1 aromatic rings. The Bertz CT molecular complexity index is 636. The maximum Gasteiger partial charge on any atom is 0.243 e. The highest BCUT2D eigenvalue weighted by atomic mass is 16.3. The highest BCUT2D eigenvalue weighted by Crippen LogP contribution is 2.27. The van der Waals surface area contributed by atoms with Gasteiger partial charge in [0, 0.05) is 26.4 Å². The molecule has 1 atom stereocenters. The lowest BCUT2D eigenvalue weighted by atomic mass is 9.92. The van der Waals surface area contributed by atoms with Gasteiger partial charge in [-0.2, -0.15) is 0 Å². The van der Waals surface area contributed by atoms with Crippen molar-refractivity contribution in [2.75, 3.05) is 6.54 Å². The van der Waals surface area contributed by atoms with Crippen molar-refractivity contribution >= 4 is 11.8 Å². The van der Waals surface area contributed by atoms with E-state index in [1.54, 1.807) is 4.90 Å². The molecule has 3 rings (SSSR count). The molecule has 2 amide bonds. The molecular formula is C20H28N2O3. The number of carbonyl (C=O) groups excluding carboxylic acids is 2. The number of nitrogens with one attached hydrogen (secondary N) is 1. The molecule has 5 nitrogen and oxygen atoms in total. The monoisotopic (exact) mass is 344 g/mol. The van der Waals surface area contributed by atoms with E-state index in [9.17, 15) is 14.7 Å². The number of hydrogen-bond donors (Lipinski definition) is 2. The van der Waals surface area contributed by atoms with Crippen LogP contribution in [0, 0.1) is 0 Å². The summed E-state index contributed by atoms with van der Waals surface area (Å²) in [5, 5.41) is 13.7. The third-order valence-corrected chi connectivity index (χ3v) is 5.58. The first-order chi connectivity index (χ1) is 12.0. The Kier molecular flexibility index (Phi) is 5.42. The summed E-state index contributed by atoms with van der Waals surface area (Å²) in [6.45, 7) is 2.25. The van der Waals surface area contributed by atoms with E-state index in [4.69, 9.17) is 0 Å². The van der Waals surface area contributed by atoms with Crippen LogP contribution in [0.15, 0.2) is 24.3 Å². The predicted octanol–water partition coefficient (Wildman–Crippen LogP) is 2.16. The van der Waals surface area contributed by atoms with Crippen molar-refractivity contribution in [3.63, 3.8) is 0 Å². The van der Waals surface area contributed by atoms with Crippen molar-refractivity contribution in [2.45, 2.75) is 70.1 Å². The smallest absolute Gasteiger partial charge is 0.243 e. The molecule has 2 aliphatic rings. The summed E-state index contributed by atoms with van der Waals surface area (Å²) in [6, 6.07) is 7.45. The number of hydrogen-bond acceptors (Lipinski definition) is 3. The number of rotatable bonds is 3. The van der Waals surface area contributed by atoms with Crippen LogP contribution in [0.5, 0.6) is 0 Å². The Labute approximate surface area is 149 Å². The highest BCUT2D eigenvalue weighted by molar-refractivity contribution is 5.87. The van der Waals surface area contributed by atoms with Crippen molar-refractivity contribution in [3.8, 4) is 0 Å². The van der Waals surface area contributed by atoms with E-state index in [0.29, 0.717) is 13.0 Å². The van der Waals surface area contributed by atoms with Gasteiger partial charge in [0.25, 0.3) is 0 Å². The van der Waals surface area contributed by atoms with Crippen LogP contribution in [0.1, 0.15) is 56.6 Å². The number of amides is 2. The molecule has 1 saturated carbocycles. The standard InChI is InChI=1S/C20H28N2O3/c1-15(23)22-13-17-9-5-4-8-16(17)12-18(22)19(24)21-14-20(25)10-6-2-3-7-11-20/h4-5,8-9,18,25H,2-3,6-7,10-14H2,1H3,(H,21,24). The molecule has 1 unspecified atom stereocenters. The van der Waals surface area contributed by atoms with Crippen LogP contribution < -0.4 is 5.32 Å². The molecular weight excluding hydrogens is 316 g/mol. The second-order valence-corrected chi connectivity index (χ2v) is 7.49. The van der Waals surface area contributed by atoms with E-state index in [2.05, 4.69) is 5.32 Å². The van der Waals surface area contributed by atoms with E-state index in [1.165, 1.54) is 6.92 Å². The predicted molar refractivity (Wildman–Crippen MR) is 95.8 cm³/mol. The molecule has 1 fully saturated rings. The minimum atomic E-state index is -0.806. The Hall–Kier alpha value is -1.88. The van der Waals surface area contributed by atoms with Crippen LogP contribution in [0.4, 0.5) is 0 Å². The summed E-state index contributed by atoms with van der Waals surface area (Å²) >= 11 is 0. The first kappa shape index (κ1) is 17.9. The van der Waals surface area contributed by atoms with Gasteiger partial charge in [0.1, 0.15) is 6.04 Å². The summed E-state index contributed by atoms with van der Waals surface area (Å²) in [7, 11) is 0. The lowest BCUT2D eigenvalue weighted by molar-refractivity contribution is -0.140. The molecule has 25 heavy (non-hydrogen) atoms. The van der Waals surface area contributed by atoms with Crippen molar-refractivity contribution in [1.82, 2.24) is 10.2 Å². The van der Waals surface area contributed by atoms with Crippen molar-refractivity contribution in [1.29, 1.82) is 0 Å². The molecule has 1 aliphatic carbocycles. The summed E-state index contributed by atoms with van der Waals surface area (Å²) in [6.07, 6.45) is 6.29. The maximum atomic E-state index is 12.8. The zero-order valence-electron chi connectivity index (χ0n) is 15.0. The molecule has 2 N–H and O–H groups in total. The summed E-state index contributed by atoms with van der Waals surface area (Å²) < 4.78 is 0. The third kappa shape index (κ3) is 4.21. The molecule has 0 aromatic heterocycles. The number of nitrogens with zero attached hydrogens (tertiary/aromatic N) is 1. The topological polar surface area (TPSA) is 69.6 Å². The van der Waals surface area contributed by atoms with Gasteiger partial charge < -0.3 is 15.3 Å². The molecule has 0 radical (unpaired) electrons. The van der Waals surface area contributed by atoms with Gasteiger partial charge in [0.05, 0.1) is 5.60 Å². The highest BCUT2D eigenvalue weighted by Gasteiger charge is 2.35. The van der Waals surface area contributed by atoms with Gasteiger partial charge in [-0.15, -0.1) is 0 Å². The van der Waals surface area contributed by atoms with Gasteiger partial charge in [-0.3, -0.25) is 9.59 Å². The molecule has 0 saturated heterocycles. The van der Waals surface area contributed by atoms with Crippen molar-refractivity contribution < 1.29 is 14.7 Å². The molecule has 1 heterocycles. The van der Waals surface area contributed by atoms with Gasteiger partial charge in [0.2, 0.25) is 11.8 Å². The second kappa shape index (κ2) is 7.56. The molecule has 5 heteroatoms. The van der Waals surface area contributed by atoms with Crippen LogP contribution in [-0.4, -0.2) is 40.0 Å². The molecule has 0 bridgehead atoms. The van der Waals surface area contributed by atoms with Crippen LogP contribution in [-0.2, 0) is 22.6 Å². The largest absolute Gasteiger partial charge is 0.388 e.